The summed E-state index contributed by atoms with van der Waals surface area (Å²) in [4.78, 5) is 29.0. The molecule has 2 heterocycles. The van der Waals surface area contributed by atoms with E-state index in [4.69, 9.17) is 10.8 Å². The quantitative estimate of drug-likeness (QED) is 0.492. The molecule has 2 N–H and O–H groups in total. The van der Waals surface area contributed by atoms with Crippen LogP contribution >= 0.6 is 0 Å². The molecule has 30 heavy (non-hydrogen) atoms. The average molecular weight is 402 g/mol. The molecule has 0 aliphatic rings. The van der Waals surface area contributed by atoms with Gasteiger partial charge in [-0.25, -0.2) is 9.36 Å². The van der Waals surface area contributed by atoms with Gasteiger partial charge in [0, 0.05) is 41.7 Å². The van der Waals surface area contributed by atoms with E-state index in [1.54, 1.807) is 55.5 Å². The van der Waals surface area contributed by atoms with E-state index in [1.807, 2.05) is 6.92 Å². The highest BCUT2D eigenvalue weighted by Gasteiger charge is 2.08. The lowest BCUT2D eigenvalue weighted by atomic mass is 10.3. The van der Waals surface area contributed by atoms with Crippen LogP contribution in [0.15, 0.2) is 70.3 Å². The van der Waals surface area contributed by atoms with Crippen molar-refractivity contribution < 1.29 is 0 Å². The van der Waals surface area contributed by atoms with Gasteiger partial charge >= 0.3 is 11.4 Å². The Labute approximate surface area is 170 Å². The molecular weight excluding hydrogens is 384 g/mol. The third-order valence-electron chi connectivity index (χ3n) is 4.12. The van der Waals surface area contributed by atoms with E-state index >= 15 is 0 Å². The van der Waals surface area contributed by atoms with Crippen LogP contribution in [0.5, 0.6) is 0 Å². The predicted octanol–water partition coefficient (Wildman–Crippen LogP) is 3.92. The average Bonchev–Trinajstić information content (AvgIpc) is 3.28. The van der Waals surface area contributed by atoms with Crippen LogP contribution in [0.25, 0.3) is 21.3 Å². The summed E-state index contributed by atoms with van der Waals surface area (Å²) >= 11 is 0. The molecule has 0 bridgehead atoms. The van der Waals surface area contributed by atoms with E-state index < -0.39 is 0 Å². The zero-order valence-electron chi connectivity index (χ0n) is 16.3. The molecular formula is C20H18N8O2+2. The number of aromatic nitrogens is 4. The normalized spacial score (nSPS) is 9.87. The van der Waals surface area contributed by atoms with Gasteiger partial charge in [-0.2, -0.15) is 0 Å². The number of hydrogen-bond acceptors (Lipinski definition) is 4. The van der Waals surface area contributed by atoms with Gasteiger partial charge < -0.3 is 0 Å². The van der Waals surface area contributed by atoms with Gasteiger partial charge in [-0.05, 0) is 32.0 Å². The fraction of sp³-hybridized carbons (Fsp3) is 0.100. The first-order chi connectivity index (χ1) is 14.4. The summed E-state index contributed by atoms with van der Waals surface area (Å²) in [7, 11) is 0. The summed E-state index contributed by atoms with van der Waals surface area (Å²) in [6.45, 7) is 3.62. The van der Waals surface area contributed by atoms with Crippen LogP contribution in [-0.2, 0) is 0 Å². The van der Waals surface area contributed by atoms with Crippen LogP contribution in [0.1, 0.15) is 11.4 Å². The first-order valence-electron chi connectivity index (χ1n) is 8.89. The summed E-state index contributed by atoms with van der Waals surface area (Å²) in [5.74, 6) is 0. The van der Waals surface area contributed by atoms with Gasteiger partial charge in [0.2, 0.25) is 10.8 Å². The van der Waals surface area contributed by atoms with Crippen LogP contribution in [0.2, 0.25) is 0 Å². The van der Waals surface area contributed by atoms with Gasteiger partial charge in [-0.3, -0.25) is 19.8 Å². The van der Waals surface area contributed by atoms with Crippen LogP contribution in [0.3, 0.4) is 0 Å². The fourth-order valence-corrected chi connectivity index (χ4v) is 2.77. The molecule has 0 amide bonds. The zero-order chi connectivity index (χ0) is 21.7. The van der Waals surface area contributed by atoms with Crippen molar-refractivity contribution in [3.63, 3.8) is 0 Å². The van der Waals surface area contributed by atoms with Gasteiger partial charge in [0.25, 0.3) is 11.1 Å². The maximum absolute atomic E-state index is 11.5. The highest BCUT2D eigenvalue weighted by Crippen LogP contribution is 2.15. The second-order valence-corrected chi connectivity index (χ2v) is 6.46. The monoisotopic (exact) mass is 402 g/mol. The van der Waals surface area contributed by atoms with Crippen molar-refractivity contribution in [2.24, 2.45) is 0 Å². The molecule has 0 spiro atoms. The Hall–Kier alpha value is -4.70. The van der Waals surface area contributed by atoms with Gasteiger partial charge in [0.1, 0.15) is 0 Å². The molecule has 0 aliphatic carbocycles. The van der Waals surface area contributed by atoms with Gasteiger partial charge in [-0.1, -0.05) is 6.07 Å². The van der Waals surface area contributed by atoms with Crippen LogP contribution in [0, 0.1) is 24.6 Å². The highest BCUT2D eigenvalue weighted by molar-refractivity contribution is 5.51. The number of diazo groups is 2. The number of rotatable bonds is 2. The van der Waals surface area contributed by atoms with Crippen molar-refractivity contribution in [1.29, 1.82) is 10.8 Å². The minimum Gasteiger partial charge on any atom is -0.295 e. The molecule has 0 fully saturated rings. The first kappa shape index (κ1) is 20.0. The first-order valence-corrected chi connectivity index (χ1v) is 8.89. The summed E-state index contributed by atoms with van der Waals surface area (Å²) in [6.07, 6.45) is 0. The number of aryl methyl sites for hydroxylation is 2. The molecule has 0 radical (unpaired) electrons. The molecule has 2 aromatic carbocycles. The lowest BCUT2D eigenvalue weighted by Gasteiger charge is -1.98. The number of benzene rings is 2. The Balaban J connectivity index is 0.000000171. The number of nitrogens with one attached hydrogen (secondary N) is 2. The van der Waals surface area contributed by atoms with E-state index in [0.29, 0.717) is 22.7 Å². The lowest BCUT2D eigenvalue weighted by Crippen LogP contribution is -2.13. The molecule has 4 rings (SSSR count). The molecule has 0 unspecified atom stereocenters. The molecule has 2 aromatic heterocycles. The van der Waals surface area contributed by atoms with E-state index in [-0.39, 0.29) is 11.1 Å². The maximum Gasteiger partial charge on any atom is 0.387 e. The highest BCUT2D eigenvalue weighted by atomic mass is 16.1. The number of H-pyrrole nitrogens is 2. The standard InChI is InChI=1S/2C10H8N4O/c1-7-6-10(15)14(13-7)9-4-2-8(12-11)3-5-9;1-7-5-10(15)14(13-7)9-4-2-3-8(6-9)12-11/h2*2-6H,1H3/p+2. The molecule has 0 saturated carbocycles. The Kier molecular flexibility index (Phi) is 5.71. The Morgan fingerprint density at radius 3 is 1.70 bits per heavy atom. The molecule has 0 saturated heterocycles. The largest absolute Gasteiger partial charge is 0.387 e. The van der Waals surface area contributed by atoms with E-state index in [1.165, 1.54) is 21.5 Å². The van der Waals surface area contributed by atoms with E-state index in [2.05, 4.69) is 20.1 Å². The number of hydrogen-bond donors (Lipinski definition) is 2. The molecule has 4 aromatic rings. The SMILES string of the molecule is Cc1cc(=O)n(-c2ccc([N+]#N)cc2)[nH]1.Cc1cc(=O)n(-c2cccc([N+]#N)c2)[nH]1. The fourth-order valence-electron chi connectivity index (χ4n) is 2.77. The Bertz CT molecular complexity index is 1370. The van der Waals surface area contributed by atoms with E-state index in [9.17, 15) is 9.59 Å². The topological polar surface area (TPSA) is 132 Å². The Morgan fingerprint density at radius 2 is 1.23 bits per heavy atom. The second kappa shape index (κ2) is 8.54. The van der Waals surface area contributed by atoms with Crippen LogP contribution < -0.4 is 11.1 Å². The van der Waals surface area contributed by atoms with Gasteiger partial charge in [0.15, 0.2) is 9.95 Å². The van der Waals surface area contributed by atoms with Crippen molar-refractivity contribution in [3.05, 3.63) is 103 Å². The second-order valence-electron chi connectivity index (χ2n) is 6.46. The van der Waals surface area contributed by atoms with Crippen molar-refractivity contribution in [1.82, 2.24) is 19.6 Å². The van der Waals surface area contributed by atoms with Crippen LogP contribution in [-0.4, -0.2) is 19.6 Å². The minimum absolute atomic E-state index is 0.110. The molecule has 0 aliphatic heterocycles. The minimum atomic E-state index is -0.136. The van der Waals surface area contributed by atoms with Crippen molar-refractivity contribution in [2.45, 2.75) is 13.8 Å². The van der Waals surface area contributed by atoms with E-state index in [0.717, 1.165) is 11.4 Å². The maximum atomic E-state index is 11.5. The smallest absolute Gasteiger partial charge is 0.295 e. The third kappa shape index (κ3) is 4.40. The number of nitrogens with zero attached hydrogens (tertiary/aromatic N) is 6. The van der Waals surface area contributed by atoms with Crippen molar-refractivity contribution in [2.75, 3.05) is 0 Å². The third-order valence-corrected chi connectivity index (χ3v) is 4.12. The predicted molar refractivity (Wildman–Crippen MR) is 112 cm³/mol. The summed E-state index contributed by atoms with van der Waals surface area (Å²) < 4.78 is 2.82. The summed E-state index contributed by atoms with van der Waals surface area (Å²) in [5.41, 5.74) is 3.55. The summed E-state index contributed by atoms with van der Waals surface area (Å²) in [6, 6.07) is 16.4. The number of aromatic amines is 2. The Morgan fingerprint density at radius 1 is 0.700 bits per heavy atom. The van der Waals surface area contributed by atoms with Crippen molar-refractivity contribution in [3.8, 4) is 11.4 Å². The molecule has 10 nitrogen and oxygen atoms in total. The molecule has 10 heteroatoms. The lowest BCUT2D eigenvalue weighted by molar-refractivity contribution is 0.835. The molecule has 0 atom stereocenters. The summed E-state index contributed by atoms with van der Waals surface area (Å²) in [5, 5.41) is 22.9. The van der Waals surface area contributed by atoms with Crippen molar-refractivity contribution >= 4 is 11.4 Å². The van der Waals surface area contributed by atoms with Gasteiger partial charge in [0.05, 0.1) is 17.4 Å². The van der Waals surface area contributed by atoms with Gasteiger partial charge in [-0.15, -0.1) is 0 Å². The van der Waals surface area contributed by atoms with Crippen LogP contribution in [0.4, 0.5) is 11.4 Å². The zero-order valence-corrected chi connectivity index (χ0v) is 16.3. The molecule has 148 valence electrons.